The van der Waals surface area contributed by atoms with Crippen LogP contribution in [0.2, 0.25) is 0 Å². The molecule has 1 unspecified atom stereocenters. The highest BCUT2D eigenvalue weighted by molar-refractivity contribution is 5.51. The first-order valence-electron chi connectivity index (χ1n) is 11.2. The van der Waals surface area contributed by atoms with Crippen molar-refractivity contribution in [3.63, 3.8) is 0 Å². The third-order valence-electron chi connectivity index (χ3n) is 7.08. The normalized spacial score (nSPS) is 20.5. The molecule has 1 nitrogen and oxygen atoms in total. The van der Waals surface area contributed by atoms with Gasteiger partial charge >= 0.3 is 0 Å². The van der Waals surface area contributed by atoms with Crippen LogP contribution in [0, 0.1) is 0 Å². The summed E-state index contributed by atoms with van der Waals surface area (Å²) in [4.78, 5) is 0. The molecule has 0 bridgehead atoms. The van der Waals surface area contributed by atoms with Gasteiger partial charge in [0.2, 0.25) is 0 Å². The Hall–Kier alpha value is -1.76. The van der Waals surface area contributed by atoms with Crippen molar-refractivity contribution in [2.24, 2.45) is 0 Å². The molecule has 2 aliphatic rings. The molecule has 0 spiro atoms. The van der Waals surface area contributed by atoms with E-state index in [0.717, 1.165) is 5.56 Å². The molecule has 1 heteroatoms. The number of rotatable bonds is 4. The molecule has 4 rings (SSSR count). The monoisotopic (exact) mass is 362 g/mol. The highest BCUT2D eigenvalue weighted by Gasteiger charge is 2.26. The van der Waals surface area contributed by atoms with E-state index < -0.39 is 0 Å². The first kappa shape index (κ1) is 18.6. The molecular formula is C26H34O. The molecule has 1 atom stereocenters. The molecule has 1 N–H and O–H groups in total. The fourth-order valence-electron chi connectivity index (χ4n) is 5.35. The minimum absolute atomic E-state index is 0.233. The summed E-state index contributed by atoms with van der Waals surface area (Å²) in [5.74, 6) is 2.04. The van der Waals surface area contributed by atoms with Gasteiger partial charge in [0.15, 0.2) is 0 Å². The largest absolute Gasteiger partial charge is 0.507 e. The number of phenols is 1. The Morgan fingerprint density at radius 1 is 0.778 bits per heavy atom. The first-order chi connectivity index (χ1) is 13.2. The average Bonchev–Trinajstić information content (AvgIpc) is 2.75. The maximum absolute atomic E-state index is 11.3. The molecule has 144 valence electrons. The van der Waals surface area contributed by atoms with E-state index in [2.05, 4.69) is 49.4 Å². The van der Waals surface area contributed by atoms with Gasteiger partial charge in [0.1, 0.15) is 5.75 Å². The van der Waals surface area contributed by atoms with Gasteiger partial charge in [-0.25, -0.2) is 0 Å². The number of hydrogen-bond donors (Lipinski definition) is 1. The molecule has 0 amide bonds. The molecular weight excluding hydrogens is 328 g/mol. The van der Waals surface area contributed by atoms with E-state index in [4.69, 9.17) is 0 Å². The SMILES string of the molecule is CC(c1ccccc1)c1cc(C2CCCCC2)cc(C2CCCCC2)c1O. The Balaban J connectivity index is 1.76. The first-order valence-corrected chi connectivity index (χ1v) is 11.2. The smallest absolute Gasteiger partial charge is 0.122 e. The molecule has 0 heterocycles. The summed E-state index contributed by atoms with van der Waals surface area (Å²) >= 11 is 0. The van der Waals surface area contributed by atoms with Crippen LogP contribution in [-0.4, -0.2) is 5.11 Å². The van der Waals surface area contributed by atoms with Crippen LogP contribution in [0.3, 0.4) is 0 Å². The zero-order valence-corrected chi connectivity index (χ0v) is 16.8. The van der Waals surface area contributed by atoms with Gasteiger partial charge in [0.05, 0.1) is 0 Å². The lowest BCUT2D eigenvalue weighted by molar-refractivity contribution is 0.406. The maximum Gasteiger partial charge on any atom is 0.122 e. The molecule has 0 aromatic heterocycles. The second kappa shape index (κ2) is 8.50. The van der Waals surface area contributed by atoms with Crippen LogP contribution in [0.25, 0.3) is 0 Å². The van der Waals surface area contributed by atoms with Crippen LogP contribution in [0.15, 0.2) is 42.5 Å². The average molecular weight is 363 g/mol. The zero-order chi connectivity index (χ0) is 18.6. The van der Waals surface area contributed by atoms with E-state index in [1.165, 1.54) is 80.9 Å². The van der Waals surface area contributed by atoms with Crippen molar-refractivity contribution in [3.8, 4) is 5.75 Å². The van der Waals surface area contributed by atoms with Crippen LogP contribution in [0.5, 0.6) is 5.75 Å². The molecule has 27 heavy (non-hydrogen) atoms. The van der Waals surface area contributed by atoms with E-state index >= 15 is 0 Å². The Bertz CT molecular complexity index is 736. The van der Waals surface area contributed by atoms with Crippen molar-refractivity contribution < 1.29 is 5.11 Å². The van der Waals surface area contributed by atoms with E-state index in [-0.39, 0.29) is 5.92 Å². The van der Waals surface area contributed by atoms with E-state index in [1.54, 1.807) is 0 Å². The minimum Gasteiger partial charge on any atom is -0.507 e. The lowest BCUT2D eigenvalue weighted by atomic mass is 9.77. The van der Waals surface area contributed by atoms with Crippen LogP contribution in [-0.2, 0) is 0 Å². The van der Waals surface area contributed by atoms with Crippen LogP contribution >= 0.6 is 0 Å². The van der Waals surface area contributed by atoms with Crippen LogP contribution in [0.4, 0.5) is 0 Å². The number of hydrogen-bond acceptors (Lipinski definition) is 1. The molecule has 0 radical (unpaired) electrons. The van der Waals surface area contributed by atoms with E-state index in [1.807, 2.05) is 0 Å². The molecule has 0 aliphatic heterocycles. The Labute approximate surface area is 164 Å². The fourth-order valence-corrected chi connectivity index (χ4v) is 5.35. The lowest BCUT2D eigenvalue weighted by Crippen LogP contribution is -2.11. The molecule has 2 aromatic carbocycles. The fraction of sp³-hybridized carbons (Fsp3) is 0.538. The van der Waals surface area contributed by atoms with Crippen molar-refractivity contribution >= 4 is 0 Å². The highest BCUT2D eigenvalue weighted by atomic mass is 16.3. The van der Waals surface area contributed by atoms with Gasteiger partial charge in [-0.15, -0.1) is 0 Å². The van der Waals surface area contributed by atoms with E-state index in [9.17, 15) is 5.11 Å². The summed E-state index contributed by atoms with van der Waals surface area (Å²) < 4.78 is 0. The van der Waals surface area contributed by atoms with Gasteiger partial charge in [0, 0.05) is 11.5 Å². The number of benzene rings is 2. The summed E-state index contributed by atoms with van der Waals surface area (Å²) in [6.07, 6.45) is 13.2. The van der Waals surface area contributed by atoms with Crippen molar-refractivity contribution in [1.82, 2.24) is 0 Å². The third kappa shape index (κ3) is 4.08. The van der Waals surface area contributed by atoms with Crippen LogP contribution in [0.1, 0.15) is 111 Å². The van der Waals surface area contributed by atoms with Gasteiger partial charge < -0.3 is 5.11 Å². The van der Waals surface area contributed by atoms with Crippen molar-refractivity contribution in [2.75, 3.05) is 0 Å². The molecule has 0 saturated heterocycles. The summed E-state index contributed by atoms with van der Waals surface area (Å²) in [5, 5.41) is 11.3. The summed E-state index contributed by atoms with van der Waals surface area (Å²) in [7, 11) is 0. The third-order valence-corrected chi connectivity index (χ3v) is 7.08. The van der Waals surface area contributed by atoms with Gasteiger partial charge in [-0.05, 0) is 54.2 Å². The van der Waals surface area contributed by atoms with Gasteiger partial charge in [-0.2, -0.15) is 0 Å². The summed E-state index contributed by atoms with van der Waals surface area (Å²) in [6, 6.07) is 15.4. The maximum atomic E-state index is 11.3. The number of aromatic hydroxyl groups is 1. The second-order valence-corrected chi connectivity index (χ2v) is 8.85. The number of phenolic OH excluding ortho intramolecular Hbond substituents is 1. The highest BCUT2D eigenvalue weighted by Crippen LogP contribution is 2.45. The molecule has 2 fully saturated rings. The van der Waals surface area contributed by atoms with Crippen molar-refractivity contribution in [1.29, 1.82) is 0 Å². The van der Waals surface area contributed by atoms with E-state index in [0.29, 0.717) is 17.6 Å². The Kier molecular flexibility index (Phi) is 5.86. The predicted molar refractivity (Wildman–Crippen MR) is 114 cm³/mol. The topological polar surface area (TPSA) is 20.2 Å². The Morgan fingerprint density at radius 2 is 1.37 bits per heavy atom. The predicted octanol–water partition coefficient (Wildman–Crippen LogP) is 7.64. The zero-order valence-electron chi connectivity index (χ0n) is 16.8. The molecule has 2 aliphatic carbocycles. The molecule has 2 saturated carbocycles. The van der Waals surface area contributed by atoms with Crippen molar-refractivity contribution in [2.45, 2.75) is 88.9 Å². The summed E-state index contributed by atoms with van der Waals surface area (Å²) in [5.41, 5.74) is 5.18. The Morgan fingerprint density at radius 3 is 2.00 bits per heavy atom. The van der Waals surface area contributed by atoms with Crippen LogP contribution < -0.4 is 0 Å². The standard InChI is InChI=1S/C26H34O/c1-19(20-11-5-2-6-12-20)24-17-23(21-13-7-3-8-14-21)18-25(26(24)27)22-15-9-4-10-16-22/h2,5-6,11-12,17-19,21-22,27H,3-4,7-10,13-16H2,1H3. The lowest BCUT2D eigenvalue weighted by Gasteiger charge is -2.29. The van der Waals surface area contributed by atoms with Gasteiger partial charge in [0.25, 0.3) is 0 Å². The molecule has 2 aromatic rings. The minimum atomic E-state index is 0.233. The second-order valence-electron chi connectivity index (χ2n) is 8.85. The van der Waals surface area contributed by atoms with Gasteiger partial charge in [-0.1, -0.05) is 87.9 Å². The van der Waals surface area contributed by atoms with Gasteiger partial charge in [-0.3, -0.25) is 0 Å². The summed E-state index contributed by atoms with van der Waals surface area (Å²) in [6.45, 7) is 2.25. The quantitative estimate of drug-likeness (QED) is 0.592. The van der Waals surface area contributed by atoms with Crippen molar-refractivity contribution in [3.05, 3.63) is 64.7 Å².